The van der Waals surface area contributed by atoms with E-state index in [0.717, 1.165) is 36.2 Å². The van der Waals surface area contributed by atoms with E-state index in [1.54, 1.807) is 0 Å². The molecular formula is C14H21BrN4. The number of nitrogens with one attached hydrogen (secondary N) is 1. The molecule has 0 spiro atoms. The quantitative estimate of drug-likeness (QED) is 0.659. The van der Waals surface area contributed by atoms with Gasteiger partial charge in [0.15, 0.2) is 0 Å². The van der Waals surface area contributed by atoms with Crippen LogP contribution in [0, 0.1) is 5.41 Å². The predicted octanol–water partition coefficient (Wildman–Crippen LogP) is 2.27. The summed E-state index contributed by atoms with van der Waals surface area (Å²) in [7, 11) is 0. The number of nitrogen functional groups attached to an aromatic ring is 1. The van der Waals surface area contributed by atoms with Crippen LogP contribution in [-0.4, -0.2) is 43.5 Å². The zero-order valence-electron chi connectivity index (χ0n) is 11.3. The third-order valence-corrected chi connectivity index (χ3v) is 4.18. The van der Waals surface area contributed by atoms with E-state index in [1.807, 2.05) is 6.07 Å². The van der Waals surface area contributed by atoms with Gasteiger partial charge < -0.3 is 10.6 Å². The molecule has 0 amide bonds. The standard InChI is InChI=1S/C14H21BrN4/c1-2-5-18-6-8-19(9-7-18)11-3-4-12(14(16)17)13(15)10-11/h3-4,10H,2,5-9H2,1H3,(H3,16,17). The van der Waals surface area contributed by atoms with Gasteiger partial charge in [0.1, 0.15) is 5.84 Å². The Labute approximate surface area is 123 Å². The number of nitrogens with zero attached hydrogens (tertiary/aromatic N) is 2. The van der Waals surface area contributed by atoms with Gasteiger partial charge in [0.05, 0.1) is 0 Å². The van der Waals surface area contributed by atoms with E-state index < -0.39 is 0 Å². The van der Waals surface area contributed by atoms with Gasteiger partial charge in [0, 0.05) is 41.9 Å². The Morgan fingerprint density at radius 1 is 1.32 bits per heavy atom. The van der Waals surface area contributed by atoms with E-state index >= 15 is 0 Å². The fourth-order valence-corrected chi connectivity index (χ4v) is 3.05. The molecule has 0 atom stereocenters. The molecule has 1 aromatic carbocycles. The second-order valence-electron chi connectivity index (χ2n) is 4.91. The third-order valence-electron chi connectivity index (χ3n) is 3.52. The lowest BCUT2D eigenvalue weighted by Gasteiger charge is -2.36. The monoisotopic (exact) mass is 324 g/mol. The summed E-state index contributed by atoms with van der Waals surface area (Å²) in [6, 6.07) is 6.03. The van der Waals surface area contributed by atoms with Gasteiger partial charge in [-0.15, -0.1) is 0 Å². The molecule has 0 bridgehead atoms. The number of anilines is 1. The van der Waals surface area contributed by atoms with Gasteiger partial charge in [-0.3, -0.25) is 10.3 Å². The Morgan fingerprint density at radius 3 is 2.53 bits per heavy atom. The predicted molar refractivity (Wildman–Crippen MR) is 84.1 cm³/mol. The second-order valence-corrected chi connectivity index (χ2v) is 5.76. The van der Waals surface area contributed by atoms with Crippen molar-refractivity contribution >= 4 is 27.5 Å². The number of amidine groups is 1. The van der Waals surface area contributed by atoms with Crippen molar-refractivity contribution in [2.75, 3.05) is 37.6 Å². The third kappa shape index (κ3) is 3.48. The summed E-state index contributed by atoms with van der Waals surface area (Å²) in [6.07, 6.45) is 1.22. The van der Waals surface area contributed by atoms with Crippen molar-refractivity contribution in [2.24, 2.45) is 5.73 Å². The Kier molecular flexibility index (Phi) is 4.82. The van der Waals surface area contributed by atoms with Crippen LogP contribution in [0.1, 0.15) is 18.9 Å². The highest BCUT2D eigenvalue weighted by molar-refractivity contribution is 9.10. The molecule has 1 fully saturated rings. The number of benzene rings is 1. The maximum atomic E-state index is 7.49. The molecule has 1 aliphatic heterocycles. The first-order valence-electron chi connectivity index (χ1n) is 6.73. The van der Waals surface area contributed by atoms with Gasteiger partial charge in [0.25, 0.3) is 0 Å². The maximum Gasteiger partial charge on any atom is 0.123 e. The molecule has 1 heterocycles. The summed E-state index contributed by atoms with van der Waals surface area (Å²) in [5.41, 5.74) is 7.49. The van der Waals surface area contributed by atoms with Crippen molar-refractivity contribution in [1.29, 1.82) is 5.41 Å². The summed E-state index contributed by atoms with van der Waals surface area (Å²) in [5.74, 6) is 0.103. The summed E-state index contributed by atoms with van der Waals surface area (Å²) in [6.45, 7) is 7.79. The zero-order valence-corrected chi connectivity index (χ0v) is 12.9. The van der Waals surface area contributed by atoms with Crippen molar-refractivity contribution in [3.63, 3.8) is 0 Å². The minimum Gasteiger partial charge on any atom is -0.384 e. The Morgan fingerprint density at radius 2 is 2.00 bits per heavy atom. The lowest BCUT2D eigenvalue weighted by Crippen LogP contribution is -2.46. The molecule has 2 rings (SSSR count). The molecule has 5 heteroatoms. The number of piperazine rings is 1. The first-order chi connectivity index (χ1) is 9.11. The van der Waals surface area contributed by atoms with Crippen LogP contribution in [0.25, 0.3) is 0 Å². The van der Waals surface area contributed by atoms with Crippen LogP contribution in [0.3, 0.4) is 0 Å². The normalized spacial score (nSPS) is 16.6. The lowest BCUT2D eigenvalue weighted by molar-refractivity contribution is 0.258. The molecule has 1 saturated heterocycles. The molecule has 0 saturated carbocycles. The zero-order chi connectivity index (χ0) is 13.8. The van der Waals surface area contributed by atoms with Crippen molar-refractivity contribution < 1.29 is 0 Å². The van der Waals surface area contributed by atoms with Gasteiger partial charge in [-0.25, -0.2) is 0 Å². The maximum absolute atomic E-state index is 7.49. The first-order valence-corrected chi connectivity index (χ1v) is 7.52. The second kappa shape index (κ2) is 6.39. The molecule has 1 aliphatic rings. The van der Waals surface area contributed by atoms with Crippen LogP contribution >= 0.6 is 15.9 Å². The van der Waals surface area contributed by atoms with E-state index in [0.29, 0.717) is 0 Å². The minimum absolute atomic E-state index is 0.103. The van der Waals surface area contributed by atoms with Gasteiger partial charge in [0.2, 0.25) is 0 Å². The van der Waals surface area contributed by atoms with Crippen LogP contribution in [0.5, 0.6) is 0 Å². The van der Waals surface area contributed by atoms with Crippen molar-refractivity contribution in [1.82, 2.24) is 4.90 Å². The van der Waals surface area contributed by atoms with E-state index in [2.05, 4.69) is 44.8 Å². The van der Waals surface area contributed by atoms with Crippen LogP contribution < -0.4 is 10.6 Å². The summed E-state index contributed by atoms with van der Waals surface area (Å²) in [4.78, 5) is 4.90. The highest BCUT2D eigenvalue weighted by Gasteiger charge is 2.17. The molecule has 19 heavy (non-hydrogen) atoms. The van der Waals surface area contributed by atoms with Gasteiger partial charge in [-0.1, -0.05) is 6.92 Å². The smallest absolute Gasteiger partial charge is 0.123 e. The van der Waals surface area contributed by atoms with E-state index in [-0.39, 0.29) is 5.84 Å². The molecule has 4 nitrogen and oxygen atoms in total. The molecule has 0 aliphatic carbocycles. The summed E-state index contributed by atoms with van der Waals surface area (Å²) < 4.78 is 0.897. The Bertz CT molecular complexity index is 453. The Balaban J connectivity index is 2.04. The van der Waals surface area contributed by atoms with Crippen molar-refractivity contribution in [2.45, 2.75) is 13.3 Å². The van der Waals surface area contributed by atoms with Crippen LogP contribution in [-0.2, 0) is 0 Å². The molecule has 1 aromatic rings. The highest BCUT2D eigenvalue weighted by atomic mass is 79.9. The number of nitrogens with two attached hydrogens (primary N) is 1. The largest absolute Gasteiger partial charge is 0.384 e. The molecule has 0 unspecified atom stereocenters. The van der Waals surface area contributed by atoms with E-state index in [1.165, 1.54) is 18.7 Å². The fourth-order valence-electron chi connectivity index (χ4n) is 2.47. The van der Waals surface area contributed by atoms with E-state index in [4.69, 9.17) is 11.1 Å². The lowest BCUT2D eigenvalue weighted by atomic mass is 10.1. The van der Waals surface area contributed by atoms with Crippen LogP contribution in [0.15, 0.2) is 22.7 Å². The molecule has 0 radical (unpaired) electrons. The fraction of sp³-hybridized carbons (Fsp3) is 0.500. The highest BCUT2D eigenvalue weighted by Crippen LogP contribution is 2.24. The van der Waals surface area contributed by atoms with E-state index in [9.17, 15) is 0 Å². The SMILES string of the molecule is CCCN1CCN(c2ccc(C(=N)N)c(Br)c2)CC1. The van der Waals surface area contributed by atoms with Gasteiger partial charge in [-0.2, -0.15) is 0 Å². The summed E-state index contributed by atoms with van der Waals surface area (Å²) in [5, 5.41) is 7.49. The van der Waals surface area contributed by atoms with Gasteiger partial charge >= 0.3 is 0 Å². The number of halogens is 1. The van der Waals surface area contributed by atoms with Crippen molar-refractivity contribution in [3.05, 3.63) is 28.2 Å². The minimum atomic E-state index is 0.103. The molecular weight excluding hydrogens is 304 g/mol. The molecule has 3 N–H and O–H groups in total. The Hall–Kier alpha value is -1.07. The number of hydrogen-bond acceptors (Lipinski definition) is 3. The first kappa shape index (κ1) is 14.3. The van der Waals surface area contributed by atoms with Crippen LogP contribution in [0.4, 0.5) is 5.69 Å². The van der Waals surface area contributed by atoms with Gasteiger partial charge in [-0.05, 0) is 47.1 Å². The summed E-state index contributed by atoms with van der Waals surface area (Å²) >= 11 is 3.49. The topological polar surface area (TPSA) is 56.4 Å². The average molecular weight is 325 g/mol. The number of hydrogen-bond donors (Lipinski definition) is 2. The van der Waals surface area contributed by atoms with Crippen molar-refractivity contribution in [3.8, 4) is 0 Å². The number of rotatable bonds is 4. The molecule has 0 aromatic heterocycles. The molecule has 104 valence electrons. The average Bonchev–Trinajstić information content (AvgIpc) is 2.39. The van der Waals surface area contributed by atoms with Crippen LogP contribution in [0.2, 0.25) is 0 Å².